The summed E-state index contributed by atoms with van der Waals surface area (Å²) in [5.74, 6) is 0.161. The molecule has 6 heteroatoms. The number of hydrogen-bond acceptors (Lipinski definition) is 4. The molecule has 1 aromatic carbocycles. The van der Waals surface area contributed by atoms with Gasteiger partial charge in [-0.05, 0) is 31.1 Å². The number of hydrazone groups is 1. The predicted molar refractivity (Wildman–Crippen MR) is 87.3 cm³/mol. The lowest BCUT2D eigenvalue weighted by Gasteiger charge is -2.19. The van der Waals surface area contributed by atoms with Gasteiger partial charge in [0.1, 0.15) is 5.69 Å². The smallest absolute Gasteiger partial charge is 0.261 e. The molecule has 0 spiro atoms. The highest BCUT2D eigenvalue weighted by Gasteiger charge is 2.33. The lowest BCUT2D eigenvalue weighted by atomic mass is 10.1. The Morgan fingerprint density at radius 3 is 2.65 bits per heavy atom. The lowest BCUT2D eigenvalue weighted by Crippen LogP contribution is -2.32. The molecule has 0 saturated heterocycles. The molecule has 2 heterocycles. The Morgan fingerprint density at radius 1 is 1.30 bits per heavy atom. The molecule has 118 valence electrons. The Bertz CT molecular complexity index is 777. The minimum Gasteiger partial charge on any atom is -0.445 e. The maximum absolute atomic E-state index is 11.9. The van der Waals surface area contributed by atoms with Crippen LogP contribution in [0.15, 0.2) is 47.1 Å². The van der Waals surface area contributed by atoms with Gasteiger partial charge in [-0.3, -0.25) is 9.89 Å². The van der Waals surface area contributed by atoms with E-state index in [1.807, 2.05) is 56.3 Å². The van der Waals surface area contributed by atoms with E-state index in [0.29, 0.717) is 11.6 Å². The molecule has 0 radical (unpaired) electrons. The number of rotatable bonds is 3. The number of carbonyl (C=O) groups is 1. The minimum atomic E-state index is -0.556. The van der Waals surface area contributed by atoms with Crippen LogP contribution < -0.4 is 0 Å². The summed E-state index contributed by atoms with van der Waals surface area (Å²) in [6.45, 7) is 5.28. The summed E-state index contributed by atoms with van der Waals surface area (Å²) in [7, 11) is 0. The molecule has 1 atom stereocenters. The summed E-state index contributed by atoms with van der Waals surface area (Å²) in [5, 5.41) is 12.6. The zero-order chi connectivity index (χ0) is 16.4. The summed E-state index contributed by atoms with van der Waals surface area (Å²) in [4.78, 5) is 11.9. The van der Waals surface area contributed by atoms with Crippen LogP contribution in [0.4, 0.5) is 0 Å². The number of benzene rings is 1. The second-order valence-electron chi connectivity index (χ2n) is 5.47. The highest BCUT2D eigenvalue weighted by Crippen LogP contribution is 2.24. The Kier molecular flexibility index (Phi) is 3.97. The Hall–Kier alpha value is -2.89. The maximum atomic E-state index is 11.9. The molecule has 0 aliphatic carbocycles. The van der Waals surface area contributed by atoms with E-state index in [9.17, 15) is 4.79 Å². The fraction of sp³-hybridized carbons (Fsp3) is 0.235. The van der Waals surface area contributed by atoms with Crippen molar-refractivity contribution < 1.29 is 9.53 Å². The van der Waals surface area contributed by atoms with Crippen molar-refractivity contribution in [3.05, 3.63) is 58.9 Å². The first kappa shape index (κ1) is 15.0. The van der Waals surface area contributed by atoms with E-state index in [1.54, 1.807) is 0 Å². The van der Waals surface area contributed by atoms with Crippen LogP contribution in [0.3, 0.4) is 0 Å². The highest BCUT2D eigenvalue weighted by atomic mass is 16.5. The number of nitrogens with one attached hydrogen (secondary N) is 1. The first-order chi connectivity index (χ1) is 11.0. The van der Waals surface area contributed by atoms with Crippen LogP contribution in [0.2, 0.25) is 0 Å². The summed E-state index contributed by atoms with van der Waals surface area (Å²) in [6, 6.07) is 11.7. The first-order valence-corrected chi connectivity index (χ1v) is 7.35. The third-order valence-corrected chi connectivity index (χ3v) is 3.48. The van der Waals surface area contributed by atoms with Gasteiger partial charge < -0.3 is 4.74 Å². The van der Waals surface area contributed by atoms with Gasteiger partial charge in [-0.25, -0.2) is 0 Å². The van der Waals surface area contributed by atoms with Crippen molar-refractivity contribution in [2.75, 3.05) is 0 Å². The van der Waals surface area contributed by atoms with Crippen LogP contribution >= 0.6 is 0 Å². The molecule has 6 nitrogen and oxygen atoms in total. The van der Waals surface area contributed by atoms with Crippen molar-refractivity contribution in [2.45, 2.75) is 27.0 Å². The second-order valence-corrected chi connectivity index (χ2v) is 5.47. The van der Waals surface area contributed by atoms with Crippen LogP contribution in [-0.2, 0) is 9.53 Å². The lowest BCUT2D eigenvalue weighted by molar-refractivity contribution is -0.133. The van der Waals surface area contributed by atoms with Gasteiger partial charge in [-0.2, -0.15) is 10.1 Å². The second kappa shape index (κ2) is 6.08. The number of H-pyrrole nitrogens is 1. The third-order valence-electron chi connectivity index (χ3n) is 3.48. The molecule has 0 bridgehead atoms. The Labute approximate surface area is 134 Å². The van der Waals surface area contributed by atoms with E-state index in [4.69, 9.17) is 4.74 Å². The zero-order valence-electron chi connectivity index (χ0n) is 13.3. The van der Waals surface area contributed by atoms with Gasteiger partial charge in [0.15, 0.2) is 0 Å². The fourth-order valence-corrected chi connectivity index (χ4v) is 2.37. The van der Waals surface area contributed by atoms with Crippen molar-refractivity contribution in [3.63, 3.8) is 0 Å². The van der Waals surface area contributed by atoms with Gasteiger partial charge in [-0.15, -0.1) is 5.10 Å². The van der Waals surface area contributed by atoms with Crippen molar-refractivity contribution in [1.29, 1.82) is 0 Å². The molecule has 1 unspecified atom stereocenters. The Morgan fingerprint density at radius 2 is 2.04 bits per heavy atom. The van der Waals surface area contributed by atoms with E-state index < -0.39 is 6.23 Å². The third kappa shape index (κ3) is 3.15. The van der Waals surface area contributed by atoms with Gasteiger partial charge in [0, 0.05) is 12.6 Å². The summed E-state index contributed by atoms with van der Waals surface area (Å²) >= 11 is 0. The first-order valence-electron chi connectivity index (χ1n) is 7.35. The number of carbonyl (C=O) groups excluding carboxylic acids is 1. The van der Waals surface area contributed by atoms with E-state index in [0.717, 1.165) is 16.8 Å². The number of aromatic amines is 1. The topological polar surface area (TPSA) is 70.6 Å². The molecule has 1 amide bonds. The summed E-state index contributed by atoms with van der Waals surface area (Å²) in [5.41, 5.74) is 3.42. The van der Waals surface area contributed by atoms with Gasteiger partial charge in [0.25, 0.3) is 5.90 Å². The van der Waals surface area contributed by atoms with E-state index in [2.05, 4.69) is 15.3 Å². The molecule has 3 rings (SSSR count). The fourth-order valence-electron chi connectivity index (χ4n) is 2.37. The standard InChI is InChI=1S/C17H18N4O2/c1-11(9-14-7-5-4-6-8-14)17-21(13(3)22)20-16(23-17)15-10-12(2)18-19-15/h4-10,17H,1-3H3,(H,18,19). The van der Waals surface area contributed by atoms with Crippen molar-refractivity contribution in [1.82, 2.24) is 15.2 Å². The summed E-state index contributed by atoms with van der Waals surface area (Å²) < 4.78 is 5.87. The van der Waals surface area contributed by atoms with E-state index in [-0.39, 0.29) is 5.91 Å². The van der Waals surface area contributed by atoms with Crippen LogP contribution in [0.25, 0.3) is 6.08 Å². The van der Waals surface area contributed by atoms with Crippen LogP contribution in [0.5, 0.6) is 0 Å². The number of amides is 1. The predicted octanol–water partition coefficient (Wildman–Crippen LogP) is 2.69. The molecular formula is C17H18N4O2. The van der Waals surface area contributed by atoms with Crippen LogP contribution in [0, 0.1) is 6.92 Å². The molecular weight excluding hydrogens is 292 g/mol. The van der Waals surface area contributed by atoms with Gasteiger partial charge in [0.2, 0.25) is 12.1 Å². The van der Waals surface area contributed by atoms with Gasteiger partial charge in [0.05, 0.1) is 0 Å². The Balaban J connectivity index is 1.88. The summed E-state index contributed by atoms with van der Waals surface area (Å²) in [6.07, 6.45) is 1.43. The molecule has 1 aliphatic heterocycles. The SMILES string of the molecule is CC(=O)N1N=C(c2cc(C)[nH]n2)OC1C(C)=Cc1ccccc1. The molecule has 0 fully saturated rings. The zero-order valence-corrected chi connectivity index (χ0v) is 13.3. The maximum Gasteiger partial charge on any atom is 0.261 e. The van der Waals surface area contributed by atoms with Gasteiger partial charge >= 0.3 is 0 Å². The number of aryl methyl sites for hydroxylation is 1. The number of hydrogen-bond donors (Lipinski definition) is 1. The van der Waals surface area contributed by atoms with Crippen LogP contribution in [-0.4, -0.2) is 33.2 Å². The largest absolute Gasteiger partial charge is 0.445 e. The van der Waals surface area contributed by atoms with E-state index >= 15 is 0 Å². The average Bonchev–Trinajstić information content (AvgIpc) is 3.14. The highest BCUT2D eigenvalue weighted by molar-refractivity contribution is 5.95. The average molecular weight is 310 g/mol. The van der Waals surface area contributed by atoms with Crippen molar-refractivity contribution in [3.8, 4) is 0 Å². The monoisotopic (exact) mass is 310 g/mol. The van der Waals surface area contributed by atoms with Crippen molar-refractivity contribution in [2.24, 2.45) is 5.10 Å². The van der Waals surface area contributed by atoms with E-state index in [1.165, 1.54) is 11.9 Å². The number of aromatic nitrogens is 2. The van der Waals surface area contributed by atoms with Crippen LogP contribution in [0.1, 0.15) is 30.8 Å². The molecule has 1 aliphatic rings. The molecule has 0 saturated carbocycles. The van der Waals surface area contributed by atoms with Gasteiger partial charge in [-0.1, -0.05) is 36.4 Å². The quantitative estimate of drug-likeness (QED) is 0.947. The molecule has 2 aromatic rings. The molecule has 1 N–H and O–H groups in total. The van der Waals surface area contributed by atoms with Crippen molar-refractivity contribution >= 4 is 17.9 Å². The number of nitrogens with zero attached hydrogens (tertiary/aromatic N) is 3. The normalized spacial score (nSPS) is 17.9. The minimum absolute atomic E-state index is 0.182. The number of ether oxygens (including phenoxy) is 1. The molecule has 23 heavy (non-hydrogen) atoms. The molecule has 1 aromatic heterocycles.